The van der Waals surface area contributed by atoms with Crippen molar-refractivity contribution in [3.63, 3.8) is 0 Å². The maximum atomic E-state index is 10.6. The minimum absolute atomic E-state index is 0.207. The van der Waals surface area contributed by atoms with Crippen molar-refractivity contribution in [2.24, 2.45) is 0 Å². The van der Waals surface area contributed by atoms with Gasteiger partial charge in [0.2, 0.25) is 0 Å². The van der Waals surface area contributed by atoms with Crippen molar-refractivity contribution in [2.45, 2.75) is 56.6 Å². The molecular weight excluding hydrogens is 534 g/mol. The fraction of sp³-hybridized carbons (Fsp3) is 0.500. The van der Waals surface area contributed by atoms with Crippen LogP contribution < -0.4 is 0 Å². The number of morpholine rings is 1. The molecule has 206 valence electrons. The Labute approximate surface area is 211 Å². The third kappa shape index (κ3) is 10.3. The number of thiophene rings is 1. The minimum Gasteiger partial charge on any atom is -0.475 e. The molecular formula is C22H24F6N2O6S. The molecule has 2 aromatic rings. The van der Waals surface area contributed by atoms with E-state index in [-0.39, 0.29) is 12.2 Å². The van der Waals surface area contributed by atoms with Crippen LogP contribution >= 0.6 is 11.3 Å². The zero-order valence-electron chi connectivity index (χ0n) is 19.1. The SMILES string of the molecule is O=C(O)C(F)(F)F.O=C(O)C(F)(F)F.c1cc(CO[C@@H]2CC[C@H]3[C@H]2OCCN3Cc2ccsc2)ccn1. The monoisotopic (exact) mass is 558 g/mol. The lowest BCUT2D eigenvalue weighted by Crippen LogP contribution is -2.51. The number of fused-ring (bicyclic) bond motifs is 1. The van der Waals surface area contributed by atoms with Crippen LogP contribution in [0, 0.1) is 0 Å². The van der Waals surface area contributed by atoms with E-state index in [0.717, 1.165) is 32.5 Å². The Morgan fingerprint density at radius 3 is 2.14 bits per heavy atom. The molecule has 0 spiro atoms. The number of aliphatic carboxylic acids is 2. The van der Waals surface area contributed by atoms with Gasteiger partial charge in [-0.1, -0.05) is 0 Å². The smallest absolute Gasteiger partial charge is 0.475 e. The average molecular weight is 558 g/mol. The Morgan fingerprint density at radius 1 is 1.03 bits per heavy atom. The second kappa shape index (κ2) is 13.7. The predicted molar refractivity (Wildman–Crippen MR) is 118 cm³/mol. The van der Waals surface area contributed by atoms with Gasteiger partial charge in [-0.2, -0.15) is 37.7 Å². The van der Waals surface area contributed by atoms with Gasteiger partial charge in [0.1, 0.15) is 0 Å². The van der Waals surface area contributed by atoms with E-state index < -0.39 is 24.3 Å². The van der Waals surface area contributed by atoms with Crippen LogP contribution in [0.15, 0.2) is 41.4 Å². The molecule has 0 amide bonds. The summed E-state index contributed by atoms with van der Waals surface area (Å²) < 4.78 is 75.7. The molecule has 0 radical (unpaired) electrons. The summed E-state index contributed by atoms with van der Waals surface area (Å²) in [6.07, 6.45) is -3.87. The molecule has 2 aromatic heterocycles. The van der Waals surface area contributed by atoms with E-state index in [9.17, 15) is 26.3 Å². The molecule has 2 N–H and O–H groups in total. The maximum absolute atomic E-state index is 10.6. The van der Waals surface area contributed by atoms with Crippen molar-refractivity contribution in [2.75, 3.05) is 13.2 Å². The largest absolute Gasteiger partial charge is 0.490 e. The highest BCUT2D eigenvalue weighted by Gasteiger charge is 2.43. The van der Waals surface area contributed by atoms with E-state index in [1.807, 2.05) is 24.5 Å². The molecule has 1 aliphatic carbocycles. The highest BCUT2D eigenvalue weighted by atomic mass is 32.1. The first-order valence-electron chi connectivity index (χ1n) is 10.8. The summed E-state index contributed by atoms with van der Waals surface area (Å²) in [5.41, 5.74) is 2.59. The average Bonchev–Trinajstić information content (AvgIpc) is 3.48. The second-order valence-corrected chi connectivity index (χ2v) is 8.67. The van der Waals surface area contributed by atoms with Gasteiger partial charge in [0.15, 0.2) is 0 Å². The lowest BCUT2D eigenvalue weighted by Gasteiger charge is -2.39. The molecule has 1 saturated carbocycles. The number of carbonyl (C=O) groups is 2. The van der Waals surface area contributed by atoms with Crippen molar-refractivity contribution in [3.05, 3.63) is 52.5 Å². The molecule has 8 nitrogen and oxygen atoms in total. The highest BCUT2D eigenvalue weighted by molar-refractivity contribution is 7.07. The van der Waals surface area contributed by atoms with Gasteiger partial charge >= 0.3 is 24.3 Å². The van der Waals surface area contributed by atoms with Gasteiger partial charge in [-0.05, 0) is 52.9 Å². The standard InChI is InChI=1S/C18H22N2O2S.2C2HF3O2/c1-2-17(22-12-14-3-6-19-7-4-14)18-16(1)20(8-9-21-18)11-15-5-10-23-13-15;2*3-2(4,5)1(6)7/h3-7,10,13,16-18H,1-2,8-9,11-12H2;2*(H,6,7)/t16-,17+,18+;;/m0../s1. The second-order valence-electron chi connectivity index (χ2n) is 7.89. The maximum Gasteiger partial charge on any atom is 0.490 e. The van der Waals surface area contributed by atoms with Gasteiger partial charge in [0.05, 0.1) is 25.4 Å². The number of pyridine rings is 1. The third-order valence-electron chi connectivity index (χ3n) is 5.31. The molecule has 0 bridgehead atoms. The zero-order chi connectivity index (χ0) is 27.6. The van der Waals surface area contributed by atoms with Crippen molar-refractivity contribution in [3.8, 4) is 0 Å². The summed E-state index contributed by atoms with van der Waals surface area (Å²) in [5, 5.41) is 18.7. The van der Waals surface area contributed by atoms with Crippen molar-refractivity contribution < 1.29 is 55.6 Å². The van der Waals surface area contributed by atoms with E-state index in [1.165, 1.54) is 11.1 Å². The normalized spacial score (nSPS) is 21.6. The molecule has 2 aliphatic rings. The summed E-state index contributed by atoms with van der Waals surface area (Å²) >= 11 is 1.77. The van der Waals surface area contributed by atoms with Crippen LogP contribution in [-0.4, -0.2) is 75.8 Å². The number of halogens is 6. The fourth-order valence-corrected chi connectivity index (χ4v) is 4.33. The van der Waals surface area contributed by atoms with Gasteiger partial charge < -0.3 is 19.7 Å². The number of ether oxygens (including phenoxy) is 2. The van der Waals surface area contributed by atoms with Gasteiger partial charge in [-0.3, -0.25) is 9.88 Å². The Balaban J connectivity index is 0.000000286. The van der Waals surface area contributed by atoms with E-state index in [2.05, 4.69) is 26.7 Å². The van der Waals surface area contributed by atoms with Crippen molar-refractivity contribution in [1.29, 1.82) is 0 Å². The Bertz CT molecular complexity index is 950. The highest BCUT2D eigenvalue weighted by Crippen LogP contribution is 2.33. The number of carboxylic acid groups (broad SMARTS) is 2. The lowest BCUT2D eigenvalue weighted by atomic mass is 10.1. The van der Waals surface area contributed by atoms with Crippen LogP contribution in [0.1, 0.15) is 24.0 Å². The molecule has 37 heavy (non-hydrogen) atoms. The van der Waals surface area contributed by atoms with Crippen LogP contribution in [0.5, 0.6) is 0 Å². The van der Waals surface area contributed by atoms with Crippen LogP contribution in [0.25, 0.3) is 0 Å². The van der Waals surface area contributed by atoms with E-state index >= 15 is 0 Å². The topological polar surface area (TPSA) is 109 Å². The van der Waals surface area contributed by atoms with Crippen molar-refractivity contribution >= 4 is 23.3 Å². The fourth-order valence-electron chi connectivity index (χ4n) is 3.67. The first kappa shape index (κ1) is 30.5. The molecule has 4 rings (SSSR count). The summed E-state index contributed by atoms with van der Waals surface area (Å²) in [4.78, 5) is 24.4. The van der Waals surface area contributed by atoms with E-state index in [1.54, 1.807) is 11.3 Å². The number of carboxylic acids is 2. The molecule has 1 saturated heterocycles. The predicted octanol–water partition coefficient (Wildman–Crippen LogP) is 4.36. The van der Waals surface area contributed by atoms with E-state index in [0.29, 0.717) is 12.6 Å². The van der Waals surface area contributed by atoms with Gasteiger partial charge in [-0.15, -0.1) is 0 Å². The first-order valence-corrected chi connectivity index (χ1v) is 11.7. The number of rotatable bonds is 5. The molecule has 2 fully saturated rings. The van der Waals surface area contributed by atoms with Gasteiger partial charge in [0, 0.05) is 31.5 Å². The summed E-state index contributed by atoms with van der Waals surface area (Å²) in [5.74, 6) is -5.51. The Hall–Kier alpha value is -2.75. The van der Waals surface area contributed by atoms with Crippen LogP contribution in [-0.2, 0) is 32.2 Å². The molecule has 15 heteroatoms. The molecule has 3 heterocycles. The summed E-state index contributed by atoms with van der Waals surface area (Å²) in [6.45, 7) is 3.50. The minimum atomic E-state index is -5.08. The summed E-state index contributed by atoms with van der Waals surface area (Å²) in [7, 11) is 0. The molecule has 1 aliphatic heterocycles. The van der Waals surface area contributed by atoms with Crippen LogP contribution in [0.2, 0.25) is 0 Å². The van der Waals surface area contributed by atoms with Crippen LogP contribution in [0.4, 0.5) is 26.3 Å². The number of hydrogen-bond acceptors (Lipinski definition) is 7. The summed E-state index contributed by atoms with van der Waals surface area (Å²) in [6, 6.07) is 6.74. The molecule has 0 unspecified atom stereocenters. The van der Waals surface area contributed by atoms with Crippen molar-refractivity contribution in [1.82, 2.24) is 9.88 Å². The van der Waals surface area contributed by atoms with Gasteiger partial charge in [-0.25, -0.2) is 9.59 Å². The number of hydrogen-bond donors (Lipinski definition) is 2. The number of nitrogens with zero attached hydrogens (tertiary/aromatic N) is 2. The molecule has 3 atom stereocenters. The third-order valence-corrected chi connectivity index (χ3v) is 6.05. The van der Waals surface area contributed by atoms with Crippen LogP contribution in [0.3, 0.4) is 0 Å². The number of aromatic nitrogens is 1. The zero-order valence-corrected chi connectivity index (χ0v) is 19.9. The van der Waals surface area contributed by atoms with Gasteiger partial charge in [0.25, 0.3) is 0 Å². The Morgan fingerprint density at radius 2 is 1.62 bits per heavy atom. The quantitative estimate of drug-likeness (QED) is 0.522. The lowest BCUT2D eigenvalue weighted by molar-refractivity contribution is -0.193. The molecule has 0 aromatic carbocycles. The van der Waals surface area contributed by atoms with E-state index in [4.69, 9.17) is 29.3 Å². The Kier molecular flexibility index (Phi) is 11.3. The number of alkyl halides is 6. The first-order chi connectivity index (χ1) is 17.3.